The van der Waals surface area contributed by atoms with Crippen molar-refractivity contribution in [2.45, 2.75) is 19.4 Å². The van der Waals surface area contributed by atoms with Crippen LogP contribution in [0.1, 0.15) is 13.8 Å². The first kappa shape index (κ1) is 9.81. The summed E-state index contributed by atoms with van der Waals surface area (Å²) in [5.74, 6) is -0.556. The number of carbonyl (C=O) groups is 2. The second-order valence-electron chi connectivity index (χ2n) is 2.55. The van der Waals surface area contributed by atoms with E-state index in [0.717, 1.165) is 6.21 Å². The van der Waals surface area contributed by atoms with Gasteiger partial charge in [-0.2, -0.15) is 0 Å². The topological polar surface area (TPSA) is 55.7 Å². The van der Waals surface area contributed by atoms with Crippen LogP contribution >= 0.6 is 0 Å². The van der Waals surface area contributed by atoms with Gasteiger partial charge in [0.25, 0.3) is 0 Å². The molecule has 0 saturated carbocycles. The van der Waals surface area contributed by atoms with Gasteiger partial charge in [0.1, 0.15) is 18.0 Å². The number of aldehydes is 1. The van der Waals surface area contributed by atoms with Crippen LogP contribution in [-0.4, -0.2) is 31.1 Å². The highest BCUT2D eigenvalue weighted by molar-refractivity contribution is 6.23. The largest absolute Gasteiger partial charge is 0.465 e. The molecule has 0 unspecified atom stereocenters. The number of hydrogen-bond acceptors (Lipinski definition) is 4. The van der Waals surface area contributed by atoms with Crippen LogP contribution in [0.5, 0.6) is 0 Å². The van der Waals surface area contributed by atoms with E-state index in [1.165, 1.54) is 7.11 Å². The molecule has 62 valence electrons. The average Bonchev–Trinajstić information content (AvgIpc) is 2.00. The van der Waals surface area contributed by atoms with E-state index < -0.39 is 11.5 Å². The standard InChI is InChI=1S/C7H11NO3/c1-7(2,5-9)8-4-6(10)11-3/h4-5H,1-3H3. The first-order valence-electron chi connectivity index (χ1n) is 3.11. The van der Waals surface area contributed by atoms with Gasteiger partial charge in [0, 0.05) is 0 Å². The molecule has 0 aromatic carbocycles. The number of hydrogen-bond donors (Lipinski definition) is 0. The lowest BCUT2D eigenvalue weighted by Crippen LogP contribution is -2.19. The predicted octanol–water partition coefficient (Wildman–Crippen LogP) is 0.208. The summed E-state index contributed by atoms with van der Waals surface area (Å²) in [5, 5.41) is 0. The Labute approximate surface area is 65.3 Å². The molecule has 0 amide bonds. The number of methoxy groups -OCH3 is 1. The molecule has 11 heavy (non-hydrogen) atoms. The molecule has 0 aromatic heterocycles. The van der Waals surface area contributed by atoms with E-state index in [-0.39, 0.29) is 0 Å². The Morgan fingerprint density at radius 3 is 2.45 bits per heavy atom. The molecule has 0 rings (SSSR count). The van der Waals surface area contributed by atoms with Gasteiger partial charge in [0.05, 0.1) is 7.11 Å². The molecular formula is C7H11NO3. The van der Waals surface area contributed by atoms with Gasteiger partial charge in [-0.15, -0.1) is 0 Å². The van der Waals surface area contributed by atoms with Crippen LogP contribution in [-0.2, 0) is 14.3 Å². The zero-order valence-corrected chi connectivity index (χ0v) is 6.83. The maximum absolute atomic E-state index is 10.5. The first-order chi connectivity index (χ1) is 5.02. The van der Waals surface area contributed by atoms with Crippen molar-refractivity contribution in [3.8, 4) is 0 Å². The summed E-state index contributed by atoms with van der Waals surface area (Å²) in [6, 6.07) is 0. The maximum Gasteiger partial charge on any atom is 0.348 e. The number of nitrogens with zero attached hydrogens (tertiary/aromatic N) is 1. The minimum atomic E-state index is -0.839. The minimum absolute atomic E-state index is 0.556. The number of carbonyl (C=O) groups excluding carboxylic acids is 2. The summed E-state index contributed by atoms with van der Waals surface area (Å²) in [5.41, 5.74) is -0.839. The van der Waals surface area contributed by atoms with Crippen molar-refractivity contribution in [1.29, 1.82) is 0 Å². The summed E-state index contributed by atoms with van der Waals surface area (Å²) < 4.78 is 4.29. The molecule has 0 heterocycles. The molecule has 0 spiro atoms. The summed E-state index contributed by atoms with van der Waals surface area (Å²) in [4.78, 5) is 24.4. The third-order valence-electron chi connectivity index (χ3n) is 0.992. The van der Waals surface area contributed by atoms with Crippen LogP contribution in [0.25, 0.3) is 0 Å². The van der Waals surface area contributed by atoms with Crippen molar-refractivity contribution in [3.05, 3.63) is 0 Å². The van der Waals surface area contributed by atoms with E-state index >= 15 is 0 Å². The van der Waals surface area contributed by atoms with Crippen molar-refractivity contribution < 1.29 is 14.3 Å². The van der Waals surface area contributed by atoms with E-state index in [0.29, 0.717) is 6.29 Å². The molecule has 0 aliphatic rings. The van der Waals surface area contributed by atoms with Crippen molar-refractivity contribution in [2.75, 3.05) is 7.11 Å². The third kappa shape index (κ3) is 4.25. The highest BCUT2D eigenvalue weighted by atomic mass is 16.5. The maximum atomic E-state index is 10.5. The monoisotopic (exact) mass is 157 g/mol. The van der Waals surface area contributed by atoms with Crippen LogP contribution in [0, 0.1) is 0 Å². The Kier molecular flexibility index (Phi) is 3.44. The number of ether oxygens (including phenoxy) is 1. The number of rotatable bonds is 3. The first-order valence-corrected chi connectivity index (χ1v) is 3.11. The molecule has 0 radical (unpaired) electrons. The average molecular weight is 157 g/mol. The zero-order chi connectivity index (χ0) is 8.91. The van der Waals surface area contributed by atoms with Crippen LogP contribution in [0.2, 0.25) is 0 Å². The fourth-order valence-electron chi connectivity index (χ4n) is 0.302. The van der Waals surface area contributed by atoms with Crippen LogP contribution in [0.15, 0.2) is 4.99 Å². The van der Waals surface area contributed by atoms with Crippen molar-refractivity contribution in [1.82, 2.24) is 0 Å². The van der Waals surface area contributed by atoms with Gasteiger partial charge in [0.2, 0.25) is 0 Å². The summed E-state index contributed by atoms with van der Waals surface area (Å²) in [7, 11) is 1.25. The predicted molar refractivity (Wildman–Crippen MR) is 40.7 cm³/mol. The Morgan fingerprint density at radius 1 is 1.55 bits per heavy atom. The van der Waals surface area contributed by atoms with E-state index in [1.807, 2.05) is 0 Å². The molecule has 0 aliphatic heterocycles. The van der Waals surface area contributed by atoms with Gasteiger partial charge < -0.3 is 9.53 Å². The smallest absolute Gasteiger partial charge is 0.348 e. The van der Waals surface area contributed by atoms with Crippen molar-refractivity contribution in [3.63, 3.8) is 0 Å². The van der Waals surface area contributed by atoms with Gasteiger partial charge >= 0.3 is 5.97 Å². The van der Waals surface area contributed by atoms with Crippen LogP contribution in [0.3, 0.4) is 0 Å². The highest BCUT2D eigenvalue weighted by Gasteiger charge is 2.13. The molecule has 0 saturated heterocycles. The fourth-order valence-corrected chi connectivity index (χ4v) is 0.302. The molecule has 0 fully saturated rings. The fraction of sp³-hybridized carbons (Fsp3) is 0.571. The van der Waals surface area contributed by atoms with Crippen LogP contribution < -0.4 is 0 Å². The lowest BCUT2D eigenvalue weighted by molar-refractivity contribution is -0.132. The minimum Gasteiger partial charge on any atom is -0.465 e. The van der Waals surface area contributed by atoms with E-state index in [4.69, 9.17) is 0 Å². The summed E-state index contributed by atoms with van der Waals surface area (Å²) in [6.07, 6.45) is 1.65. The van der Waals surface area contributed by atoms with Gasteiger partial charge in [-0.05, 0) is 13.8 Å². The molecule has 0 bridgehead atoms. The van der Waals surface area contributed by atoms with Gasteiger partial charge in [-0.1, -0.05) is 0 Å². The quantitative estimate of drug-likeness (QED) is 0.334. The van der Waals surface area contributed by atoms with Gasteiger partial charge in [-0.25, -0.2) is 4.79 Å². The van der Waals surface area contributed by atoms with Crippen molar-refractivity contribution in [2.24, 2.45) is 4.99 Å². The van der Waals surface area contributed by atoms with Crippen LogP contribution in [0.4, 0.5) is 0 Å². The Balaban J connectivity index is 4.11. The second kappa shape index (κ2) is 3.85. The molecule has 0 aliphatic carbocycles. The molecule has 0 N–H and O–H groups in total. The van der Waals surface area contributed by atoms with Gasteiger partial charge in [0.15, 0.2) is 0 Å². The molecule has 0 aromatic rings. The highest BCUT2D eigenvalue weighted by Crippen LogP contribution is 2.02. The molecular weight excluding hydrogens is 146 g/mol. The third-order valence-corrected chi connectivity index (χ3v) is 0.992. The zero-order valence-electron chi connectivity index (χ0n) is 6.83. The normalized spacial score (nSPS) is 11.5. The summed E-state index contributed by atoms with van der Waals surface area (Å²) in [6.45, 7) is 3.19. The van der Waals surface area contributed by atoms with E-state index in [9.17, 15) is 9.59 Å². The lowest BCUT2D eigenvalue weighted by Gasteiger charge is -2.07. The Bertz CT molecular complexity index is 184. The lowest BCUT2D eigenvalue weighted by atomic mass is 10.1. The molecule has 4 nitrogen and oxygen atoms in total. The van der Waals surface area contributed by atoms with Gasteiger partial charge in [-0.3, -0.25) is 4.99 Å². The SMILES string of the molecule is COC(=O)C=NC(C)(C)C=O. The Morgan fingerprint density at radius 2 is 2.09 bits per heavy atom. The molecule has 0 atom stereocenters. The Hall–Kier alpha value is -1.19. The number of aliphatic imine (C=N–C) groups is 1. The van der Waals surface area contributed by atoms with E-state index in [1.54, 1.807) is 13.8 Å². The number of esters is 1. The second-order valence-corrected chi connectivity index (χ2v) is 2.55. The van der Waals surface area contributed by atoms with Crippen molar-refractivity contribution >= 4 is 18.5 Å². The molecule has 4 heteroatoms. The summed E-state index contributed by atoms with van der Waals surface area (Å²) >= 11 is 0. The van der Waals surface area contributed by atoms with E-state index in [2.05, 4.69) is 9.73 Å².